The van der Waals surface area contributed by atoms with Crippen LogP contribution in [-0.2, 0) is 24.4 Å². The molecule has 0 aliphatic rings. The van der Waals surface area contributed by atoms with Crippen LogP contribution < -0.4 is 16.0 Å². The lowest BCUT2D eigenvalue weighted by atomic mass is 10.1. The number of carboxylic acids is 1. The van der Waals surface area contributed by atoms with Crippen LogP contribution in [0.25, 0.3) is 0 Å². The third-order valence-electron chi connectivity index (χ3n) is 4.74. The predicted molar refractivity (Wildman–Crippen MR) is 114 cm³/mol. The van der Waals surface area contributed by atoms with Crippen LogP contribution >= 0.6 is 0 Å². The average molecular weight is 425 g/mol. The lowest BCUT2D eigenvalue weighted by Gasteiger charge is -2.15. The number of carbonyl (C=O) groups is 2. The topological polar surface area (TPSA) is 148 Å². The maximum absolute atomic E-state index is 12.5. The highest BCUT2D eigenvalue weighted by Crippen LogP contribution is 2.07. The molecule has 31 heavy (non-hydrogen) atoms. The summed E-state index contributed by atoms with van der Waals surface area (Å²) in [4.78, 5) is 37.9. The van der Waals surface area contributed by atoms with Crippen molar-refractivity contribution in [2.45, 2.75) is 38.5 Å². The van der Waals surface area contributed by atoms with Crippen molar-refractivity contribution in [2.75, 3.05) is 6.54 Å². The number of rotatable bonds is 13. The molecule has 1 aromatic carbocycles. The van der Waals surface area contributed by atoms with Gasteiger partial charge in [-0.25, -0.2) is 14.8 Å². The first-order valence-electron chi connectivity index (χ1n) is 10.1. The van der Waals surface area contributed by atoms with E-state index in [0.717, 1.165) is 17.0 Å². The van der Waals surface area contributed by atoms with Crippen molar-refractivity contribution in [3.63, 3.8) is 0 Å². The lowest BCUT2D eigenvalue weighted by molar-refractivity contribution is -0.139. The summed E-state index contributed by atoms with van der Waals surface area (Å²) in [6.07, 6.45) is 7.69. The first-order chi connectivity index (χ1) is 15.1. The van der Waals surface area contributed by atoms with E-state index in [-0.39, 0.29) is 0 Å². The van der Waals surface area contributed by atoms with E-state index in [9.17, 15) is 14.7 Å². The molecule has 0 saturated heterocycles. The number of H-pyrrole nitrogens is 2. The third-order valence-corrected chi connectivity index (χ3v) is 4.74. The van der Waals surface area contributed by atoms with Crippen LogP contribution in [0.15, 0.2) is 49.3 Å². The summed E-state index contributed by atoms with van der Waals surface area (Å²) < 4.78 is 0. The fourth-order valence-corrected chi connectivity index (χ4v) is 3.03. The second-order valence-corrected chi connectivity index (χ2v) is 7.14. The van der Waals surface area contributed by atoms with Gasteiger partial charge >= 0.3 is 5.97 Å². The molecule has 6 N–H and O–H groups in total. The van der Waals surface area contributed by atoms with Gasteiger partial charge in [0.1, 0.15) is 6.04 Å². The average Bonchev–Trinajstić information content (AvgIpc) is 3.47. The molecule has 0 aliphatic heterocycles. The number of nitrogens with zero attached hydrogens (tertiary/aromatic N) is 2. The number of hydrogen-bond acceptors (Lipinski definition) is 6. The minimum Gasteiger partial charge on any atom is -0.480 e. The lowest BCUT2D eigenvalue weighted by Crippen LogP contribution is -2.41. The fraction of sp³-hybridized carbons (Fsp3) is 0.333. The molecule has 0 spiro atoms. The van der Waals surface area contributed by atoms with E-state index in [0.29, 0.717) is 44.6 Å². The van der Waals surface area contributed by atoms with Crippen LogP contribution in [0.5, 0.6) is 0 Å². The van der Waals surface area contributed by atoms with E-state index in [1.165, 1.54) is 0 Å². The van der Waals surface area contributed by atoms with Gasteiger partial charge in [-0.2, -0.15) is 0 Å². The SMILES string of the molecule is O=C(N[C@@H](CCCNCc1cnc[nH]1)C(=O)O)c1ccc(CNCc2cnc[nH]2)cc1. The van der Waals surface area contributed by atoms with Gasteiger partial charge in [-0.15, -0.1) is 0 Å². The van der Waals surface area contributed by atoms with E-state index in [1.54, 1.807) is 37.2 Å². The summed E-state index contributed by atoms with van der Waals surface area (Å²) in [5.74, 6) is -1.43. The van der Waals surface area contributed by atoms with E-state index in [4.69, 9.17) is 0 Å². The second kappa shape index (κ2) is 11.6. The highest BCUT2D eigenvalue weighted by atomic mass is 16.4. The normalized spacial score (nSPS) is 11.9. The van der Waals surface area contributed by atoms with Gasteiger partial charge in [0.05, 0.1) is 12.7 Å². The van der Waals surface area contributed by atoms with Gasteiger partial charge in [-0.05, 0) is 37.1 Å². The monoisotopic (exact) mass is 425 g/mol. The van der Waals surface area contributed by atoms with Gasteiger partial charge in [0.2, 0.25) is 0 Å². The number of aliphatic carboxylic acids is 1. The highest BCUT2D eigenvalue weighted by Gasteiger charge is 2.20. The van der Waals surface area contributed by atoms with Crippen LogP contribution in [0, 0.1) is 0 Å². The van der Waals surface area contributed by atoms with Crippen molar-refractivity contribution in [1.29, 1.82) is 0 Å². The van der Waals surface area contributed by atoms with Crippen LogP contribution in [0.3, 0.4) is 0 Å². The van der Waals surface area contributed by atoms with Gasteiger partial charge in [-0.1, -0.05) is 12.1 Å². The Bertz CT molecular complexity index is 925. The van der Waals surface area contributed by atoms with Crippen molar-refractivity contribution in [3.05, 3.63) is 71.8 Å². The molecule has 2 aromatic heterocycles. The summed E-state index contributed by atoms with van der Waals surface area (Å²) in [7, 11) is 0. The molecule has 0 aliphatic carbocycles. The number of nitrogens with one attached hydrogen (secondary N) is 5. The molecule has 0 radical (unpaired) electrons. The predicted octanol–water partition coefficient (Wildman–Crippen LogP) is 1.18. The summed E-state index contributed by atoms with van der Waals surface area (Å²) in [5.41, 5.74) is 3.41. The molecular formula is C21H27N7O3. The molecular weight excluding hydrogens is 398 g/mol. The van der Waals surface area contributed by atoms with Crippen molar-refractivity contribution in [1.82, 2.24) is 35.9 Å². The summed E-state index contributed by atoms with van der Waals surface area (Å²) in [6.45, 7) is 2.58. The summed E-state index contributed by atoms with van der Waals surface area (Å²) in [5, 5.41) is 18.5. The Morgan fingerprint density at radius 2 is 1.58 bits per heavy atom. The number of benzene rings is 1. The maximum Gasteiger partial charge on any atom is 0.326 e. The molecule has 10 heteroatoms. The van der Waals surface area contributed by atoms with Crippen LogP contribution in [0.2, 0.25) is 0 Å². The van der Waals surface area contributed by atoms with Gasteiger partial charge < -0.3 is 31.0 Å². The zero-order valence-electron chi connectivity index (χ0n) is 17.1. The molecule has 3 aromatic rings. The molecule has 10 nitrogen and oxygen atoms in total. The van der Waals surface area contributed by atoms with Crippen LogP contribution in [-0.4, -0.2) is 49.5 Å². The zero-order chi connectivity index (χ0) is 21.9. The maximum atomic E-state index is 12.5. The first kappa shape index (κ1) is 22.2. The van der Waals surface area contributed by atoms with Gasteiger partial charge in [0, 0.05) is 49.0 Å². The molecule has 164 valence electrons. The number of imidazole rings is 2. The first-order valence-corrected chi connectivity index (χ1v) is 10.1. The Morgan fingerprint density at radius 3 is 2.16 bits per heavy atom. The zero-order valence-corrected chi connectivity index (χ0v) is 17.1. The smallest absolute Gasteiger partial charge is 0.326 e. The Hall–Kier alpha value is -3.50. The number of aromatic amines is 2. The molecule has 0 bridgehead atoms. The Kier molecular flexibility index (Phi) is 8.32. The Labute approximate surface area is 179 Å². The van der Waals surface area contributed by atoms with Crippen molar-refractivity contribution >= 4 is 11.9 Å². The van der Waals surface area contributed by atoms with Crippen LogP contribution in [0.1, 0.15) is 40.2 Å². The molecule has 2 heterocycles. The van der Waals surface area contributed by atoms with Crippen LogP contribution in [0.4, 0.5) is 0 Å². The van der Waals surface area contributed by atoms with Gasteiger partial charge in [0.15, 0.2) is 0 Å². The van der Waals surface area contributed by atoms with Crippen molar-refractivity contribution in [3.8, 4) is 0 Å². The molecule has 1 atom stereocenters. The van der Waals surface area contributed by atoms with Gasteiger partial charge in [-0.3, -0.25) is 4.79 Å². The van der Waals surface area contributed by atoms with E-state index < -0.39 is 17.9 Å². The van der Waals surface area contributed by atoms with Crippen molar-refractivity contribution in [2.24, 2.45) is 0 Å². The standard InChI is InChI=1S/C21H27N7O3/c29-20(16-5-3-15(4-6-16)8-23-10-18-12-25-14-27-18)28-19(21(30)31)2-1-7-22-9-17-11-24-13-26-17/h3-6,11-14,19,22-23H,1-2,7-10H2,(H,24,26)(H,25,27)(H,28,29)(H,30,31)/t19-/m0/s1. The van der Waals surface area contributed by atoms with E-state index >= 15 is 0 Å². The van der Waals surface area contributed by atoms with E-state index in [2.05, 4.69) is 35.9 Å². The second-order valence-electron chi connectivity index (χ2n) is 7.14. The van der Waals surface area contributed by atoms with Gasteiger partial charge in [0.25, 0.3) is 5.91 Å². The molecule has 3 rings (SSSR count). The fourth-order valence-electron chi connectivity index (χ4n) is 3.03. The highest BCUT2D eigenvalue weighted by molar-refractivity contribution is 5.96. The minimum atomic E-state index is -1.04. The number of carboxylic acid groups (broad SMARTS) is 1. The van der Waals surface area contributed by atoms with Crippen molar-refractivity contribution < 1.29 is 14.7 Å². The molecule has 0 saturated carbocycles. The quantitative estimate of drug-likeness (QED) is 0.225. The Morgan fingerprint density at radius 1 is 0.935 bits per heavy atom. The number of carbonyl (C=O) groups excluding carboxylic acids is 1. The number of aromatic nitrogens is 4. The summed E-state index contributed by atoms with van der Waals surface area (Å²) >= 11 is 0. The minimum absolute atomic E-state index is 0.340. The largest absolute Gasteiger partial charge is 0.480 e. The number of amides is 1. The third kappa shape index (κ3) is 7.36. The van der Waals surface area contributed by atoms with E-state index in [1.807, 2.05) is 12.1 Å². The Balaban J connectivity index is 1.40. The molecule has 1 amide bonds. The molecule has 0 unspecified atom stereocenters. The summed E-state index contributed by atoms with van der Waals surface area (Å²) in [6, 6.07) is 6.17. The number of hydrogen-bond donors (Lipinski definition) is 6. The molecule has 0 fully saturated rings.